The smallest absolute Gasteiger partial charge is 0.338 e. The van der Waals surface area contributed by atoms with Gasteiger partial charge in [-0.1, -0.05) is 23.7 Å². The van der Waals surface area contributed by atoms with Crippen LogP contribution in [0.4, 0.5) is 5.69 Å². The molecule has 0 atom stereocenters. The average Bonchev–Trinajstić information content (AvgIpc) is 2.56. The van der Waals surface area contributed by atoms with E-state index in [-0.39, 0.29) is 11.9 Å². The van der Waals surface area contributed by atoms with Crippen LogP contribution in [0, 0.1) is 0 Å². The topological polar surface area (TPSA) is 55.4 Å². The number of benzene rings is 2. The minimum absolute atomic E-state index is 0.0917. The van der Waals surface area contributed by atoms with Crippen LogP contribution in [0.1, 0.15) is 22.8 Å². The van der Waals surface area contributed by atoms with Gasteiger partial charge in [0.1, 0.15) is 0 Å². The Kier molecular flexibility index (Phi) is 7.15. The number of ether oxygens (including phenoxy) is 1. The van der Waals surface area contributed by atoms with E-state index in [1.54, 1.807) is 31.2 Å². The van der Waals surface area contributed by atoms with Crippen molar-refractivity contribution in [1.29, 1.82) is 0 Å². The molecule has 2 aromatic carbocycles. The molecule has 0 radical (unpaired) electrons. The van der Waals surface area contributed by atoms with Gasteiger partial charge < -0.3 is 10.1 Å². The molecule has 126 valence electrons. The summed E-state index contributed by atoms with van der Waals surface area (Å²) in [5.41, 5.74) is 2.20. The van der Waals surface area contributed by atoms with Crippen molar-refractivity contribution in [2.75, 3.05) is 17.7 Å². The predicted molar refractivity (Wildman–Crippen MR) is 98.6 cm³/mol. The van der Waals surface area contributed by atoms with Gasteiger partial charge in [0, 0.05) is 16.5 Å². The van der Waals surface area contributed by atoms with E-state index in [2.05, 4.69) is 5.32 Å². The van der Waals surface area contributed by atoms with E-state index in [9.17, 15) is 9.59 Å². The summed E-state index contributed by atoms with van der Waals surface area (Å²) in [6, 6.07) is 14.2. The summed E-state index contributed by atoms with van der Waals surface area (Å²) in [6.07, 6.45) is 0. The lowest BCUT2D eigenvalue weighted by molar-refractivity contribution is -0.113. The number of thioether (sulfide) groups is 1. The quantitative estimate of drug-likeness (QED) is 0.741. The zero-order valence-electron chi connectivity index (χ0n) is 13.3. The summed E-state index contributed by atoms with van der Waals surface area (Å²) in [7, 11) is 0. The highest BCUT2D eigenvalue weighted by molar-refractivity contribution is 7.99. The monoisotopic (exact) mass is 363 g/mol. The molecular formula is C18H18ClNO3S. The molecule has 0 aliphatic heterocycles. The minimum Gasteiger partial charge on any atom is -0.462 e. The number of carbonyl (C=O) groups is 2. The SMILES string of the molecule is CCOC(=O)c1ccc(NC(=O)CSCc2cccc(Cl)c2)cc1. The molecule has 24 heavy (non-hydrogen) atoms. The summed E-state index contributed by atoms with van der Waals surface area (Å²) >= 11 is 7.44. The highest BCUT2D eigenvalue weighted by atomic mass is 35.5. The molecule has 0 fully saturated rings. The van der Waals surface area contributed by atoms with E-state index < -0.39 is 0 Å². The molecule has 1 N–H and O–H groups in total. The third-order valence-electron chi connectivity index (χ3n) is 3.07. The second-order valence-corrected chi connectivity index (χ2v) is 6.39. The van der Waals surface area contributed by atoms with Gasteiger partial charge in [0.05, 0.1) is 17.9 Å². The van der Waals surface area contributed by atoms with Crippen LogP contribution >= 0.6 is 23.4 Å². The molecule has 0 saturated carbocycles. The van der Waals surface area contributed by atoms with Crippen LogP contribution in [0.15, 0.2) is 48.5 Å². The van der Waals surface area contributed by atoms with Gasteiger partial charge in [-0.25, -0.2) is 4.79 Å². The number of anilines is 1. The maximum Gasteiger partial charge on any atom is 0.338 e. The number of hydrogen-bond acceptors (Lipinski definition) is 4. The number of amides is 1. The van der Waals surface area contributed by atoms with Crippen LogP contribution in [-0.2, 0) is 15.3 Å². The molecule has 0 spiro atoms. The third kappa shape index (κ3) is 5.91. The molecular weight excluding hydrogens is 346 g/mol. The van der Waals surface area contributed by atoms with Crippen molar-refractivity contribution in [3.05, 3.63) is 64.7 Å². The second kappa shape index (κ2) is 9.35. The summed E-state index contributed by atoms with van der Waals surface area (Å²) in [5, 5.41) is 3.49. The highest BCUT2D eigenvalue weighted by Gasteiger charge is 2.07. The Bertz CT molecular complexity index is 704. The first-order valence-electron chi connectivity index (χ1n) is 7.47. The van der Waals surface area contributed by atoms with Gasteiger partial charge in [-0.15, -0.1) is 11.8 Å². The molecule has 0 saturated heterocycles. The normalized spacial score (nSPS) is 10.2. The van der Waals surface area contributed by atoms with Crippen molar-refractivity contribution < 1.29 is 14.3 Å². The van der Waals surface area contributed by atoms with Gasteiger partial charge in [0.25, 0.3) is 0 Å². The summed E-state index contributed by atoms with van der Waals surface area (Å²) in [4.78, 5) is 23.5. The molecule has 0 aliphatic carbocycles. The average molecular weight is 364 g/mol. The Labute approximate surface area is 150 Å². The van der Waals surface area contributed by atoms with Gasteiger partial charge in [-0.2, -0.15) is 0 Å². The number of nitrogens with one attached hydrogen (secondary N) is 1. The lowest BCUT2D eigenvalue weighted by atomic mass is 10.2. The van der Waals surface area contributed by atoms with E-state index in [1.807, 2.05) is 24.3 Å². The molecule has 0 heterocycles. The lowest BCUT2D eigenvalue weighted by Gasteiger charge is -2.07. The number of rotatable bonds is 7. The zero-order valence-corrected chi connectivity index (χ0v) is 14.8. The first-order valence-corrected chi connectivity index (χ1v) is 9.01. The standard InChI is InChI=1S/C18H18ClNO3S/c1-2-23-18(22)14-6-8-16(9-7-14)20-17(21)12-24-11-13-4-3-5-15(19)10-13/h3-10H,2,11-12H2,1H3,(H,20,21). The van der Waals surface area contributed by atoms with Crippen molar-refractivity contribution in [1.82, 2.24) is 0 Å². The molecule has 1 amide bonds. The number of carbonyl (C=O) groups excluding carboxylic acids is 2. The van der Waals surface area contributed by atoms with Gasteiger partial charge in [-0.3, -0.25) is 4.79 Å². The fraction of sp³-hybridized carbons (Fsp3) is 0.222. The Morgan fingerprint density at radius 2 is 1.92 bits per heavy atom. The Morgan fingerprint density at radius 3 is 2.58 bits per heavy atom. The zero-order chi connectivity index (χ0) is 17.4. The third-order valence-corrected chi connectivity index (χ3v) is 4.31. The predicted octanol–water partition coefficient (Wildman–Crippen LogP) is 4.39. The number of halogens is 1. The first kappa shape index (κ1) is 18.4. The molecule has 4 nitrogen and oxygen atoms in total. The van der Waals surface area contributed by atoms with Crippen molar-refractivity contribution >= 4 is 40.9 Å². The van der Waals surface area contributed by atoms with E-state index in [1.165, 1.54) is 11.8 Å². The van der Waals surface area contributed by atoms with E-state index in [0.29, 0.717) is 28.6 Å². The maximum atomic E-state index is 11.9. The van der Waals surface area contributed by atoms with E-state index in [4.69, 9.17) is 16.3 Å². The molecule has 2 rings (SSSR count). The van der Waals surface area contributed by atoms with E-state index in [0.717, 1.165) is 11.3 Å². The molecule has 0 aromatic heterocycles. The maximum absolute atomic E-state index is 11.9. The Morgan fingerprint density at radius 1 is 1.17 bits per heavy atom. The second-order valence-electron chi connectivity index (χ2n) is 4.97. The van der Waals surface area contributed by atoms with Gasteiger partial charge in [-0.05, 0) is 48.9 Å². The summed E-state index contributed by atoms with van der Waals surface area (Å²) in [6.45, 7) is 2.09. The van der Waals surface area contributed by atoms with Crippen molar-refractivity contribution in [3.8, 4) is 0 Å². The first-order chi connectivity index (χ1) is 11.6. The Balaban J connectivity index is 1.78. The van der Waals surface area contributed by atoms with Gasteiger partial charge in [0.2, 0.25) is 5.91 Å². The largest absolute Gasteiger partial charge is 0.462 e. The molecule has 2 aromatic rings. The molecule has 6 heteroatoms. The van der Waals surface area contributed by atoms with Crippen molar-refractivity contribution in [2.45, 2.75) is 12.7 Å². The van der Waals surface area contributed by atoms with Crippen LogP contribution in [-0.4, -0.2) is 24.2 Å². The lowest BCUT2D eigenvalue weighted by Crippen LogP contribution is -2.14. The van der Waals surface area contributed by atoms with Crippen molar-refractivity contribution in [2.24, 2.45) is 0 Å². The fourth-order valence-corrected chi connectivity index (χ4v) is 2.98. The Hall–Kier alpha value is -1.98. The molecule has 0 aliphatic rings. The van der Waals surface area contributed by atoms with Gasteiger partial charge >= 0.3 is 5.97 Å². The summed E-state index contributed by atoms with van der Waals surface area (Å²) in [5.74, 6) is 0.598. The van der Waals surface area contributed by atoms with E-state index >= 15 is 0 Å². The van der Waals surface area contributed by atoms with Crippen LogP contribution in [0.3, 0.4) is 0 Å². The van der Waals surface area contributed by atoms with Crippen LogP contribution in [0.2, 0.25) is 5.02 Å². The highest BCUT2D eigenvalue weighted by Crippen LogP contribution is 2.17. The van der Waals surface area contributed by atoms with Gasteiger partial charge in [0.15, 0.2) is 0 Å². The van der Waals surface area contributed by atoms with Crippen LogP contribution < -0.4 is 5.32 Å². The number of hydrogen-bond donors (Lipinski definition) is 1. The number of esters is 1. The summed E-state index contributed by atoms with van der Waals surface area (Å²) < 4.78 is 4.91. The fourth-order valence-electron chi connectivity index (χ4n) is 1.99. The van der Waals surface area contributed by atoms with Crippen LogP contribution in [0.25, 0.3) is 0 Å². The van der Waals surface area contributed by atoms with Crippen LogP contribution in [0.5, 0.6) is 0 Å². The van der Waals surface area contributed by atoms with Crippen molar-refractivity contribution in [3.63, 3.8) is 0 Å². The molecule has 0 bridgehead atoms. The minimum atomic E-state index is -0.368. The molecule has 0 unspecified atom stereocenters.